The smallest absolute Gasteiger partial charge is 0.267 e. The van der Waals surface area contributed by atoms with Gasteiger partial charge in [-0.25, -0.2) is 4.98 Å². The van der Waals surface area contributed by atoms with Crippen LogP contribution < -0.4 is 5.32 Å². The van der Waals surface area contributed by atoms with Gasteiger partial charge in [0, 0.05) is 39.8 Å². The Kier molecular flexibility index (Phi) is 6.58. The van der Waals surface area contributed by atoms with Crippen molar-refractivity contribution in [2.45, 2.75) is 25.8 Å². The van der Waals surface area contributed by atoms with Crippen LogP contribution in [0.3, 0.4) is 0 Å². The van der Waals surface area contributed by atoms with Crippen LogP contribution in [0.15, 0.2) is 71.3 Å². The summed E-state index contributed by atoms with van der Waals surface area (Å²) < 4.78 is 7.50. The van der Waals surface area contributed by atoms with Crippen LogP contribution in [0.1, 0.15) is 38.7 Å². The molecular formula is C26H28N4O3. The van der Waals surface area contributed by atoms with Crippen molar-refractivity contribution in [2.24, 2.45) is 7.05 Å². The molecule has 1 unspecified atom stereocenters. The second kappa shape index (κ2) is 9.73. The number of para-hydroxylation sites is 1. The summed E-state index contributed by atoms with van der Waals surface area (Å²) in [6.07, 6.45) is 3.12. The Hall–Kier alpha value is -3.87. The number of aryl methyl sites for hydroxylation is 2. The van der Waals surface area contributed by atoms with Gasteiger partial charge in [-0.15, -0.1) is 0 Å². The number of hydrogen-bond acceptors (Lipinski definition) is 4. The normalized spacial score (nSPS) is 12.0. The molecule has 0 saturated heterocycles. The highest BCUT2D eigenvalue weighted by Gasteiger charge is 2.25. The topological polar surface area (TPSA) is 80.4 Å². The Balaban J connectivity index is 1.52. The molecule has 7 nitrogen and oxygen atoms in total. The quantitative estimate of drug-likeness (QED) is 0.446. The molecule has 0 aliphatic heterocycles. The Bertz CT molecular complexity index is 1260. The minimum absolute atomic E-state index is 0.118. The van der Waals surface area contributed by atoms with Crippen molar-refractivity contribution in [1.29, 1.82) is 0 Å². The largest absolute Gasteiger partial charge is 0.440 e. The number of rotatable bonds is 8. The van der Waals surface area contributed by atoms with Crippen molar-refractivity contribution >= 4 is 22.9 Å². The fraction of sp³-hybridized carbons (Fsp3) is 0.269. The van der Waals surface area contributed by atoms with Crippen LogP contribution in [0.25, 0.3) is 11.1 Å². The number of benzene rings is 2. The van der Waals surface area contributed by atoms with E-state index in [0.717, 1.165) is 5.56 Å². The first-order chi connectivity index (χ1) is 15.9. The average Bonchev–Trinajstić information content (AvgIpc) is 3.42. The maximum Gasteiger partial charge on any atom is 0.267 e. The molecule has 0 fully saturated rings. The van der Waals surface area contributed by atoms with E-state index in [-0.39, 0.29) is 17.9 Å². The van der Waals surface area contributed by atoms with Gasteiger partial charge in [0.2, 0.25) is 0 Å². The van der Waals surface area contributed by atoms with Crippen LogP contribution >= 0.6 is 0 Å². The van der Waals surface area contributed by atoms with Gasteiger partial charge in [-0.1, -0.05) is 36.4 Å². The predicted molar refractivity (Wildman–Crippen MR) is 127 cm³/mol. The average molecular weight is 445 g/mol. The van der Waals surface area contributed by atoms with Gasteiger partial charge >= 0.3 is 0 Å². The lowest BCUT2D eigenvalue weighted by molar-refractivity contribution is 0.0723. The van der Waals surface area contributed by atoms with Crippen molar-refractivity contribution in [3.8, 4) is 0 Å². The number of amides is 2. The van der Waals surface area contributed by atoms with Crippen molar-refractivity contribution in [1.82, 2.24) is 19.8 Å². The maximum absolute atomic E-state index is 13.5. The molecule has 2 aromatic heterocycles. The van der Waals surface area contributed by atoms with E-state index in [9.17, 15) is 9.59 Å². The van der Waals surface area contributed by atoms with Crippen LogP contribution in [0.2, 0.25) is 0 Å². The Morgan fingerprint density at radius 2 is 1.88 bits per heavy atom. The number of nitrogens with one attached hydrogen (secondary N) is 1. The highest BCUT2D eigenvalue weighted by molar-refractivity contribution is 6.04. The molecule has 7 heteroatoms. The van der Waals surface area contributed by atoms with Crippen molar-refractivity contribution in [3.63, 3.8) is 0 Å². The molecule has 170 valence electrons. The molecule has 4 rings (SSSR count). The number of fused-ring (bicyclic) bond motifs is 1. The van der Waals surface area contributed by atoms with Gasteiger partial charge in [-0.3, -0.25) is 9.59 Å². The fourth-order valence-electron chi connectivity index (χ4n) is 4.04. The summed E-state index contributed by atoms with van der Waals surface area (Å²) in [5.41, 5.74) is 3.39. The standard InChI is InChI=1S/C26H28N4O3/c1-18-28-22-12-7-11-21(24(22)33-18)26(32)30(3)20(17-19-9-5-4-6-10-19)14-15-27-25(31)23-13-8-16-29(23)2/h4-13,16,20H,14-15,17H2,1-3H3,(H,27,31). The van der Waals surface area contributed by atoms with Crippen LogP contribution in [-0.2, 0) is 13.5 Å². The molecule has 33 heavy (non-hydrogen) atoms. The summed E-state index contributed by atoms with van der Waals surface area (Å²) in [5.74, 6) is 0.264. The lowest BCUT2D eigenvalue weighted by Crippen LogP contribution is -2.41. The van der Waals surface area contributed by atoms with Crippen LogP contribution in [-0.4, -0.2) is 45.9 Å². The summed E-state index contributed by atoms with van der Waals surface area (Å²) in [7, 11) is 3.64. The Labute approximate surface area is 193 Å². The number of aromatic nitrogens is 2. The highest BCUT2D eigenvalue weighted by Crippen LogP contribution is 2.22. The van der Waals surface area contributed by atoms with Crippen LogP contribution in [0.5, 0.6) is 0 Å². The summed E-state index contributed by atoms with van der Waals surface area (Å²) in [6, 6.07) is 19.0. The number of carbonyl (C=O) groups excluding carboxylic acids is 2. The zero-order valence-electron chi connectivity index (χ0n) is 19.1. The van der Waals surface area contributed by atoms with E-state index in [4.69, 9.17) is 4.42 Å². The van der Waals surface area contributed by atoms with Crippen molar-refractivity contribution < 1.29 is 14.0 Å². The first-order valence-corrected chi connectivity index (χ1v) is 11.0. The molecular weight excluding hydrogens is 416 g/mol. The van der Waals surface area contributed by atoms with Crippen LogP contribution in [0.4, 0.5) is 0 Å². The molecule has 1 N–H and O–H groups in total. The van der Waals surface area contributed by atoms with Gasteiger partial charge < -0.3 is 19.2 Å². The van der Waals surface area contributed by atoms with Gasteiger partial charge in [0.05, 0.1) is 5.56 Å². The third-order valence-corrected chi connectivity index (χ3v) is 5.87. The minimum Gasteiger partial charge on any atom is -0.440 e. The monoisotopic (exact) mass is 444 g/mol. The van der Waals surface area contributed by atoms with Gasteiger partial charge in [-0.05, 0) is 42.7 Å². The molecule has 0 bridgehead atoms. The Morgan fingerprint density at radius 3 is 2.61 bits per heavy atom. The van der Waals surface area contributed by atoms with Gasteiger partial charge in [0.25, 0.3) is 11.8 Å². The number of hydrogen-bond donors (Lipinski definition) is 1. The molecule has 2 heterocycles. The molecule has 0 aliphatic rings. The predicted octanol–water partition coefficient (Wildman–Crippen LogP) is 3.98. The maximum atomic E-state index is 13.5. The third kappa shape index (κ3) is 4.98. The Morgan fingerprint density at radius 1 is 1.09 bits per heavy atom. The molecule has 0 radical (unpaired) electrons. The molecule has 0 saturated carbocycles. The van der Waals surface area contributed by atoms with E-state index >= 15 is 0 Å². The lowest BCUT2D eigenvalue weighted by Gasteiger charge is -2.29. The molecule has 0 spiro atoms. The number of nitrogens with zero attached hydrogens (tertiary/aromatic N) is 3. The molecule has 4 aromatic rings. The number of likely N-dealkylation sites (N-methyl/N-ethyl adjacent to an activating group) is 1. The van der Waals surface area contributed by atoms with E-state index in [1.807, 2.05) is 61.8 Å². The van der Waals surface area contributed by atoms with Crippen molar-refractivity contribution in [3.05, 3.63) is 89.6 Å². The van der Waals surface area contributed by atoms with Gasteiger partial charge in [-0.2, -0.15) is 0 Å². The zero-order chi connectivity index (χ0) is 23.4. The third-order valence-electron chi connectivity index (χ3n) is 5.87. The van der Waals surface area contributed by atoms with E-state index in [1.165, 1.54) is 0 Å². The van der Waals surface area contributed by atoms with E-state index < -0.39 is 0 Å². The summed E-state index contributed by atoms with van der Waals surface area (Å²) >= 11 is 0. The summed E-state index contributed by atoms with van der Waals surface area (Å²) in [5, 5.41) is 2.98. The van der Waals surface area contributed by atoms with E-state index in [2.05, 4.69) is 10.3 Å². The highest BCUT2D eigenvalue weighted by atomic mass is 16.3. The fourth-order valence-corrected chi connectivity index (χ4v) is 4.04. The summed E-state index contributed by atoms with van der Waals surface area (Å²) in [6.45, 7) is 2.22. The first-order valence-electron chi connectivity index (χ1n) is 11.0. The molecule has 0 aliphatic carbocycles. The van der Waals surface area contributed by atoms with Gasteiger partial charge in [0.1, 0.15) is 11.2 Å². The number of carbonyl (C=O) groups is 2. The molecule has 2 aromatic carbocycles. The van der Waals surface area contributed by atoms with E-state index in [1.54, 1.807) is 35.6 Å². The van der Waals surface area contributed by atoms with Gasteiger partial charge in [0.15, 0.2) is 11.5 Å². The molecule has 2 amide bonds. The molecule has 1 atom stereocenters. The second-order valence-corrected chi connectivity index (χ2v) is 8.20. The minimum atomic E-state index is -0.133. The SMILES string of the molecule is Cc1nc2cccc(C(=O)N(C)C(CCNC(=O)c3cccn3C)Cc3ccccc3)c2o1. The first kappa shape index (κ1) is 22.3. The summed E-state index contributed by atoms with van der Waals surface area (Å²) in [4.78, 5) is 32.1. The second-order valence-electron chi connectivity index (χ2n) is 8.20. The zero-order valence-corrected chi connectivity index (χ0v) is 19.1. The van der Waals surface area contributed by atoms with E-state index in [0.29, 0.717) is 47.6 Å². The van der Waals surface area contributed by atoms with Crippen LogP contribution in [0, 0.1) is 6.92 Å². The lowest BCUT2D eigenvalue weighted by atomic mass is 10.0. The van der Waals surface area contributed by atoms with Crippen molar-refractivity contribution in [2.75, 3.05) is 13.6 Å². The number of oxazole rings is 1.